The van der Waals surface area contributed by atoms with Crippen LogP contribution in [0.4, 0.5) is 17.6 Å². The first-order valence-electron chi connectivity index (χ1n) is 7.46. The third kappa shape index (κ3) is 3.44. The van der Waals surface area contributed by atoms with Gasteiger partial charge in [0, 0.05) is 0 Å². The molecule has 0 aromatic heterocycles. The molecule has 0 fully saturated rings. The van der Waals surface area contributed by atoms with Crippen LogP contribution < -0.4 is 4.74 Å². The first-order chi connectivity index (χ1) is 11.8. The lowest BCUT2D eigenvalue weighted by atomic mass is 9.92. The zero-order chi connectivity index (χ0) is 18.1. The highest BCUT2D eigenvalue weighted by molar-refractivity contribution is 5.83. The number of fused-ring (bicyclic) bond motifs is 1. The molecule has 6 heteroatoms. The number of benzene rings is 3. The van der Waals surface area contributed by atoms with E-state index in [0.717, 1.165) is 17.5 Å². The van der Waals surface area contributed by atoms with E-state index in [-0.39, 0.29) is 11.3 Å². The number of hydrogen-bond donors (Lipinski definition) is 1. The average molecular weight is 350 g/mol. The summed E-state index contributed by atoms with van der Waals surface area (Å²) in [5.41, 5.74) is -3.51. The van der Waals surface area contributed by atoms with Crippen LogP contribution in [0.2, 0.25) is 0 Å². The van der Waals surface area contributed by atoms with E-state index >= 15 is 0 Å². The first-order valence-corrected chi connectivity index (χ1v) is 7.46. The van der Waals surface area contributed by atoms with E-state index in [9.17, 15) is 22.7 Å². The zero-order valence-corrected chi connectivity index (χ0v) is 12.9. The molecule has 3 aromatic carbocycles. The van der Waals surface area contributed by atoms with Crippen LogP contribution in [0, 0.1) is 5.82 Å². The molecule has 0 aliphatic heterocycles. The number of aliphatic hydroxyl groups is 1. The minimum atomic E-state index is -4.95. The first kappa shape index (κ1) is 17.2. The van der Waals surface area contributed by atoms with Crippen molar-refractivity contribution >= 4 is 10.8 Å². The second-order valence-electron chi connectivity index (χ2n) is 5.66. The molecule has 0 spiro atoms. The van der Waals surface area contributed by atoms with Gasteiger partial charge in [-0.25, -0.2) is 4.39 Å². The molecular formula is C19H14F4O2. The van der Waals surface area contributed by atoms with Crippen LogP contribution >= 0.6 is 0 Å². The van der Waals surface area contributed by atoms with Crippen LogP contribution in [0.3, 0.4) is 0 Å². The monoisotopic (exact) mass is 350 g/mol. The third-order valence-electron chi connectivity index (χ3n) is 3.96. The Morgan fingerprint density at radius 2 is 1.48 bits per heavy atom. The summed E-state index contributed by atoms with van der Waals surface area (Å²) in [6, 6.07) is 15.5. The normalized spacial score (nSPS) is 14.3. The number of ether oxygens (including phenoxy) is 1. The fraction of sp³-hybridized carbons (Fsp3) is 0.158. The van der Waals surface area contributed by atoms with Gasteiger partial charge in [-0.15, -0.1) is 0 Å². The maximum absolute atomic E-state index is 13.6. The van der Waals surface area contributed by atoms with Gasteiger partial charge in [-0.3, -0.25) is 0 Å². The summed E-state index contributed by atoms with van der Waals surface area (Å²) in [6.07, 6.45) is -4.95. The van der Waals surface area contributed by atoms with Gasteiger partial charge in [0.15, 0.2) is 0 Å². The van der Waals surface area contributed by atoms with E-state index in [1.807, 2.05) is 0 Å². The van der Waals surface area contributed by atoms with Crippen molar-refractivity contribution in [2.24, 2.45) is 0 Å². The minimum absolute atomic E-state index is 0.0323. The Morgan fingerprint density at radius 3 is 2.12 bits per heavy atom. The summed E-state index contributed by atoms with van der Waals surface area (Å²) < 4.78 is 58.7. The molecule has 3 aromatic rings. The Bertz CT molecular complexity index is 874. The molecule has 130 valence electrons. The van der Waals surface area contributed by atoms with Crippen molar-refractivity contribution in [1.29, 1.82) is 0 Å². The number of halogens is 4. The van der Waals surface area contributed by atoms with E-state index < -0.39 is 24.2 Å². The van der Waals surface area contributed by atoms with Crippen LogP contribution in [0.25, 0.3) is 10.8 Å². The van der Waals surface area contributed by atoms with Gasteiger partial charge in [0.25, 0.3) is 0 Å². The van der Waals surface area contributed by atoms with E-state index in [4.69, 9.17) is 4.74 Å². The summed E-state index contributed by atoms with van der Waals surface area (Å²) in [5, 5.41) is 11.7. The van der Waals surface area contributed by atoms with E-state index in [1.165, 1.54) is 30.3 Å². The smallest absolute Gasteiger partial charge is 0.424 e. The predicted octanol–water partition coefficient (Wildman–Crippen LogP) is 4.81. The van der Waals surface area contributed by atoms with Gasteiger partial charge in [-0.2, -0.15) is 13.2 Å². The van der Waals surface area contributed by atoms with Crippen molar-refractivity contribution in [3.63, 3.8) is 0 Å². The quantitative estimate of drug-likeness (QED) is 0.685. The molecule has 0 aliphatic carbocycles. The van der Waals surface area contributed by atoms with E-state index in [0.29, 0.717) is 5.39 Å². The summed E-state index contributed by atoms with van der Waals surface area (Å²) in [4.78, 5) is 0. The van der Waals surface area contributed by atoms with Gasteiger partial charge < -0.3 is 9.84 Å². The molecule has 0 bridgehead atoms. The summed E-state index contributed by atoms with van der Waals surface area (Å²) in [7, 11) is 0. The summed E-state index contributed by atoms with van der Waals surface area (Å²) >= 11 is 0. The Hall–Kier alpha value is -2.60. The minimum Gasteiger partial charge on any atom is -0.490 e. The number of rotatable bonds is 4. The van der Waals surface area contributed by atoms with Crippen molar-refractivity contribution < 1.29 is 27.4 Å². The highest BCUT2D eigenvalue weighted by Gasteiger charge is 2.56. The molecule has 0 radical (unpaired) electrons. The van der Waals surface area contributed by atoms with Crippen molar-refractivity contribution in [2.75, 3.05) is 6.61 Å². The lowest BCUT2D eigenvalue weighted by Gasteiger charge is -2.31. The Labute approximate surface area is 141 Å². The second kappa shape index (κ2) is 6.37. The molecule has 3 rings (SSSR count). The van der Waals surface area contributed by atoms with Crippen molar-refractivity contribution in [1.82, 2.24) is 0 Å². The largest absolute Gasteiger partial charge is 0.490 e. The lowest BCUT2D eigenvalue weighted by molar-refractivity contribution is -0.275. The van der Waals surface area contributed by atoms with Crippen LogP contribution in [-0.2, 0) is 5.60 Å². The third-order valence-corrected chi connectivity index (χ3v) is 3.96. The average Bonchev–Trinajstić information content (AvgIpc) is 2.59. The molecule has 0 amide bonds. The standard InChI is InChI=1S/C19H14F4O2/c20-16-7-9-17(10-8-16)25-12-18(24,19(21,22)23)15-6-5-13-3-1-2-4-14(13)11-15/h1-11,24H,12H2. The lowest BCUT2D eigenvalue weighted by Crippen LogP contribution is -2.47. The van der Waals surface area contributed by atoms with Gasteiger partial charge in [-0.05, 0) is 46.7 Å². The molecule has 0 heterocycles. The van der Waals surface area contributed by atoms with Crippen molar-refractivity contribution in [3.8, 4) is 5.75 Å². The fourth-order valence-electron chi connectivity index (χ4n) is 2.49. The molecule has 0 aliphatic rings. The Kier molecular flexibility index (Phi) is 4.39. The van der Waals surface area contributed by atoms with Crippen LogP contribution in [0.5, 0.6) is 5.75 Å². The van der Waals surface area contributed by atoms with E-state index in [1.54, 1.807) is 24.3 Å². The van der Waals surface area contributed by atoms with Gasteiger partial charge in [0.1, 0.15) is 18.2 Å². The highest BCUT2D eigenvalue weighted by Crippen LogP contribution is 2.40. The van der Waals surface area contributed by atoms with Gasteiger partial charge >= 0.3 is 6.18 Å². The SMILES string of the molecule is OC(COc1ccc(F)cc1)(c1ccc2ccccc2c1)C(F)(F)F. The van der Waals surface area contributed by atoms with Crippen molar-refractivity contribution in [2.45, 2.75) is 11.8 Å². The molecule has 0 saturated heterocycles. The maximum Gasteiger partial charge on any atom is 0.424 e. The maximum atomic E-state index is 13.6. The van der Waals surface area contributed by atoms with Crippen LogP contribution in [-0.4, -0.2) is 17.9 Å². The molecule has 0 saturated carbocycles. The van der Waals surface area contributed by atoms with Crippen LogP contribution in [0.1, 0.15) is 5.56 Å². The summed E-state index contributed by atoms with van der Waals surface area (Å²) in [6.45, 7) is -1.04. The highest BCUT2D eigenvalue weighted by atomic mass is 19.4. The van der Waals surface area contributed by atoms with Crippen molar-refractivity contribution in [3.05, 3.63) is 78.1 Å². The fourth-order valence-corrected chi connectivity index (χ4v) is 2.49. The molecule has 1 atom stereocenters. The summed E-state index contributed by atoms with van der Waals surface area (Å²) in [5.74, 6) is -0.502. The second-order valence-corrected chi connectivity index (χ2v) is 5.66. The number of alkyl halides is 3. The van der Waals surface area contributed by atoms with Gasteiger partial charge in [0.05, 0.1) is 0 Å². The van der Waals surface area contributed by atoms with Gasteiger partial charge in [-0.1, -0.05) is 36.4 Å². The van der Waals surface area contributed by atoms with Gasteiger partial charge in [0.2, 0.25) is 5.60 Å². The predicted molar refractivity (Wildman–Crippen MR) is 85.8 cm³/mol. The number of hydrogen-bond acceptors (Lipinski definition) is 2. The molecule has 1 N–H and O–H groups in total. The molecule has 25 heavy (non-hydrogen) atoms. The topological polar surface area (TPSA) is 29.5 Å². The molecule has 1 unspecified atom stereocenters. The van der Waals surface area contributed by atoms with Crippen LogP contribution in [0.15, 0.2) is 66.7 Å². The zero-order valence-electron chi connectivity index (χ0n) is 12.9. The Morgan fingerprint density at radius 1 is 0.840 bits per heavy atom. The molecular weight excluding hydrogens is 336 g/mol. The van der Waals surface area contributed by atoms with E-state index in [2.05, 4.69) is 0 Å². The Balaban J connectivity index is 1.95. The molecule has 2 nitrogen and oxygen atoms in total.